The van der Waals surface area contributed by atoms with Crippen LogP contribution in [0.15, 0.2) is 54.6 Å². The van der Waals surface area contributed by atoms with E-state index in [1.165, 1.54) is 24.5 Å². The molecule has 0 saturated carbocycles. The number of nitrogens with one attached hydrogen (secondary N) is 1. The van der Waals surface area contributed by atoms with Crippen molar-refractivity contribution in [1.29, 1.82) is 0 Å². The van der Waals surface area contributed by atoms with Gasteiger partial charge in [0.05, 0.1) is 38.1 Å². The van der Waals surface area contributed by atoms with Gasteiger partial charge in [-0.25, -0.2) is 4.98 Å². The second-order valence-electron chi connectivity index (χ2n) is 6.10. The van der Waals surface area contributed by atoms with Crippen molar-refractivity contribution in [2.24, 2.45) is 0 Å². The zero-order chi connectivity index (χ0) is 20.5. The van der Waals surface area contributed by atoms with Crippen molar-refractivity contribution in [3.05, 3.63) is 75.2 Å². The van der Waals surface area contributed by atoms with Gasteiger partial charge >= 0.3 is 0 Å². The molecule has 3 aromatic carbocycles. The number of fused-ring (bicyclic) bond motifs is 1. The Bertz CT molecular complexity index is 1210. The fourth-order valence-corrected chi connectivity index (χ4v) is 4.63. The predicted octanol–water partition coefficient (Wildman–Crippen LogP) is 7.18. The molecule has 1 heterocycles. The van der Waals surface area contributed by atoms with Gasteiger partial charge < -0.3 is 10.1 Å². The highest BCUT2D eigenvalue weighted by atomic mass is 35.5. The number of para-hydroxylation sites is 1. The van der Waals surface area contributed by atoms with Crippen LogP contribution in [-0.4, -0.2) is 18.0 Å². The summed E-state index contributed by atoms with van der Waals surface area (Å²) in [4.78, 5) is 17.3. The zero-order valence-electron chi connectivity index (χ0n) is 15.0. The van der Waals surface area contributed by atoms with Gasteiger partial charge in [0, 0.05) is 11.1 Å². The first kappa shape index (κ1) is 20.0. The number of amides is 1. The summed E-state index contributed by atoms with van der Waals surface area (Å²) in [5, 5.41) is 4.69. The zero-order valence-corrected chi connectivity index (χ0v) is 18.1. The summed E-state index contributed by atoms with van der Waals surface area (Å²) in [6.07, 6.45) is 0. The van der Waals surface area contributed by atoms with E-state index in [9.17, 15) is 4.79 Å². The summed E-state index contributed by atoms with van der Waals surface area (Å²) >= 11 is 20.4. The van der Waals surface area contributed by atoms with Crippen molar-refractivity contribution in [1.82, 2.24) is 4.98 Å². The largest absolute Gasteiger partial charge is 0.495 e. The Labute approximate surface area is 186 Å². The second-order valence-corrected chi connectivity index (χ2v) is 8.35. The monoisotopic (exact) mass is 462 g/mol. The Morgan fingerprint density at radius 1 is 1.00 bits per heavy atom. The molecule has 0 aliphatic rings. The molecule has 8 heteroatoms. The lowest BCUT2D eigenvalue weighted by Gasteiger charge is -2.11. The molecule has 4 nitrogen and oxygen atoms in total. The highest BCUT2D eigenvalue weighted by Crippen LogP contribution is 2.39. The summed E-state index contributed by atoms with van der Waals surface area (Å²) in [7, 11) is 1.51. The Morgan fingerprint density at radius 2 is 1.79 bits per heavy atom. The van der Waals surface area contributed by atoms with Gasteiger partial charge in [-0.15, -0.1) is 11.3 Å². The molecule has 0 unspecified atom stereocenters. The Morgan fingerprint density at radius 3 is 2.52 bits per heavy atom. The minimum Gasteiger partial charge on any atom is -0.495 e. The molecule has 0 atom stereocenters. The smallest absolute Gasteiger partial charge is 0.255 e. The number of benzene rings is 3. The number of carbonyl (C=O) groups is 1. The van der Waals surface area contributed by atoms with Gasteiger partial charge in [0.25, 0.3) is 5.91 Å². The molecular weight excluding hydrogens is 451 g/mol. The maximum Gasteiger partial charge on any atom is 0.255 e. The third-order valence-corrected chi connectivity index (χ3v) is 6.23. The summed E-state index contributed by atoms with van der Waals surface area (Å²) < 4.78 is 6.16. The van der Waals surface area contributed by atoms with E-state index in [0.717, 1.165) is 15.2 Å². The van der Waals surface area contributed by atoms with Gasteiger partial charge in [-0.1, -0.05) is 46.9 Å². The maximum absolute atomic E-state index is 12.7. The lowest BCUT2D eigenvalue weighted by molar-refractivity contribution is 0.102. The number of aromatic nitrogens is 1. The number of ether oxygens (including phenoxy) is 1. The molecule has 0 fully saturated rings. The van der Waals surface area contributed by atoms with Gasteiger partial charge in [-0.05, 0) is 42.5 Å². The Kier molecular flexibility index (Phi) is 5.65. The molecule has 0 radical (unpaired) electrons. The third-order valence-electron chi connectivity index (χ3n) is 4.24. The SMILES string of the molecule is COc1ccc(C(=O)Nc2cc(-c3nc4ccccc4s3)c(Cl)cc2Cl)cc1Cl. The highest BCUT2D eigenvalue weighted by molar-refractivity contribution is 7.21. The number of carbonyl (C=O) groups excluding carboxylic acids is 1. The van der Waals surface area contributed by atoms with Crippen LogP contribution in [0, 0.1) is 0 Å². The van der Waals surface area contributed by atoms with Gasteiger partial charge in [-0.2, -0.15) is 0 Å². The van der Waals surface area contributed by atoms with Crippen LogP contribution in [0.4, 0.5) is 5.69 Å². The number of nitrogens with zero attached hydrogens (tertiary/aromatic N) is 1. The molecule has 146 valence electrons. The molecule has 0 bridgehead atoms. The topological polar surface area (TPSA) is 51.2 Å². The normalized spacial score (nSPS) is 10.9. The van der Waals surface area contributed by atoms with E-state index >= 15 is 0 Å². The van der Waals surface area contributed by atoms with Crippen LogP contribution >= 0.6 is 46.1 Å². The molecule has 0 aliphatic carbocycles. The standard InChI is InChI=1S/C21H13Cl3N2O2S/c1-28-18-7-6-11(8-15(18)24)20(27)25-17-9-12(13(22)10-14(17)23)21-26-16-4-2-3-5-19(16)29-21/h2-10H,1H3,(H,25,27). The van der Waals surface area contributed by atoms with Crippen molar-refractivity contribution in [2.45, 2.75) is 0 Å². The van der Waals surface area contributed by atoms with Crippen molar-refractivity contribution in [3.8, 4) is 16.3 Å². The first-order valence-electron chi connectivity index (χ1n) is 8.46. The van der Waals surface area contributed by atoms with Gasteiger partial charge in [0.2, 0.25) is 0 Å². The molecule has 4 aromatic rings. The number of halogens is 3. The van der Waals surface area contributed by atoms with Gasteiger partial charge in [0.15, 0.2) is 0 Å². The molecule has 29 heavy (non-hydrogen) atoms. The lowest BCUT2D eigenvalue weighted by atomic mass is 10.1. The van der Waals surface area contributed by atoms with E-state index in [0.29, 0.717) is 37.6 Å². The molecule has 1 N–H and O–H groups in total. The second kappa shape index (κ2) is 8.20. The van der Waals surface area contributed by atoms with E-state index in [1.807, 2.05) is 24.3 Å². The highest BCUT2D eigenvalue weighted by Gasteiger charge is 2.16. The minimum absolute atomic E-state index is 0.327. The fraction of sp³-hybridized carbons (Fsp3) is 0.0476. The van der Waals surface area contributed by atoms with Crippen molar-refractivity contribution < 1.29 is 9.53 Å². The molecule has 1 amide bonds. The maximum atomic E-state index is 12.7. The Hall–Kier alpha value is -2.31. The first-order chi connectivity index (χ1) is 14.0. The number of methoxy groups -OCH3 is 1. The number of rotatable bonds is 4. The van der Waals surface area contributed by atoms with Crippen LogP contribution in [0.3, 0.4) is 0 Å². The van der Waals surface area contributed by atoms with E-state index in [-0.39, 0.29) is 5.91 Å². The predicted molar refractivity (Wildman–Crippen MR) is 121 cm³/mol. The molecule has 0 aliphatic heterocycles. The average molecular weight is 464 g/mol. The summed E-state index contributed by atoms with van der Waals surface area (Å²) in [6, 6.07) is 15.9. The van der Waals surface area contributed by atoms with Crippen molar-refractivity contribution in [2.75, 3.05) is 12.4 Å². The first-order valence-corrected chi connectivity index (χ1v) is 10.4. The molecule has 1 aromatic heterocycles. The molecule has 0 saturated heterocycles. The summed E-state index contributed by atoms with van der Waals surface area (Å²) in [5.41, 5.74) is 2.39. The quantitative estimate of drug-likeness (QED) is 0.348. The fourth-order valence-electron chi connectivity index (χ4n) is 2.80. The van der Waals surface area contributed by atoms with Crippen LogP contribution in [0.25, 0.3) is 20.8 Å². The van der Waals surface area contributed by atoms with Gasteiger partial charge in [-0.3, -0.25) is 4.79 Å². The van der Waals surface area contributed by atoms with Crippen LogP contribution in [-0.2, 0) is 0 Å². The summed E-state index contributed by atoms with van der Waals surface area (Å²) in [5.74, 6) is 0.139. The third kappa shape index (κ3) is 4.05. The molecule has 4 rings (SSSR count). The Balaban J connectivity index is 1.68. The minimum atomic E-state index is -0.353. The van der Waals surface area contributed by atoms with Crippen LogP contribution in [0.1, 0.15) is 10.4 Å². The summed E-state index contributed by atoms with van der Waals surface area (Å²) in [6.45, 7) is 0. The van der Waals surface area contributed by atoms with E-state index in [1.54, 1.807) is 24.3 Å². The molecule has 0 spiro atoms. The van der Waals surface area contributed by atoms with E-state index in [4.69, 9.17) is 39.5 Å². The van der Waals surface area contributed by atoms with E-state index in [2.05, 4.69) is 10.3 Å². The van der Waals surface area contributed by atoms with Crippen LogP contribution in [0.5, 0.6) is 5.75 Å². The molecular formula is C21H13Cl3N2O2S. The number of anilines is 1. The van der Waals surface area contributed by atoms with Crippen LogP contribution < -0.4 is 10.1 Å². The lowest BCUT2D eigenvalue weighted by Crippen LogP contribution is -2.12. The van der Waals surface area contributed by atoms with Crippen LogP contribution in [0.2, 0.25) is 15.1 Å². The van der Waals surface area contributed by atoms with Crippen molar-refractivity contribution >= 4 is 68.0 Å². The van der Waals surface area contributed by atoms with E-state index < -0.39 is 0 Å². The number of hydrogen-bond acceptors (Lipinski definition) is 4. The van der Waals surface area contributed by atoms with Crippen molar-refractivity contribution in [3.63, 3.8) is 0 Å². The average Bonchev–Trinajstić information content (AvgIpc) is 3.13. The number of hydrogen-bond donors (Lipinski definition) is 1. The number of thiazole rings is 1. The van der Waals surface area contributed by atoms with Gasteiger partial charge in [0.1, 0.15) is 10.8 Å².